The van der Waals surface area contributed by atoms with E-state index in [9.17, 15) is 4.79 Å². The molecule has 1 aromatic heterocycles. The van der Waals surface area contributed by atoms with Crippen molar-refractivity contribution in [3.8, 4) is 0 Å². The normalized spacial score (nSPS) is 14.2. The van der Waals surface area contributed by atoms with Gasteiger partial charge in [-0.1, -0.05) is 30.3 Å². The van der Waals surface area contributed by atoms with E-state index in [1.807, 2.05) is 12.3 Å². The fourth-order valence-electron chi connectivity index (χ4n) is 3.04. The molecule has 0 saturated carbocycles. The molecule has 1 N–H and O–H groups in total. The van der Waals surface area contributed by atoms with E-state index in [1.54, 1.807) is 13.3 Å². The summed E-state index contributed by atoms with van der Waals surface area (Å²) < 4.78 is 4.95. The van der Waals surface area contributed by atoms with Gasteiger partial charge in [0.2, 0.25) is 5.91 Å². The molecule has 1 aromatic carbocycles. The number of hydrogen-bond donors (Lipinski definition) is 1. The van der Waals surface area contributed by atoms with Crippen molar-refractivity contribution in [3.63, 3.8) is 0 Å². The third kappa shape index (κ3) is 4.19. The van der Waals surface area contributed by atoms with Crippen molar-refractivity contribution < 1.29 is 9.53 Å². The maximum Gasteiger partial charge on any atom is 0.226 e. The van der Waals surface area contributed by atoms with Gasteiger partial charge in [0, 0.05) is 32.9 Å². The van der Waals surface area contributed by atoms with Crippen molar-refractivity contribution in [2.75, 3.05) is 25.6 Å². The van der Waals surface area contributed by atoms with E-state index in [2.05, 4.69) is 39.5 Å². The number of nitrogens with one attached hydrogen (secondary N) is 1. The topological polar surface area (TPSA) is 54.5 Å². The van der Waals surface area contributed by atoms with E-state index >= 15 is 0 Å². The van der Waals surface area contributed by atoms with Crippen molar-refractivity contribution in [1.82, 2.24) is 9.88 Å². The summed E-state index contributed by atoms with van der Waals surface area (Å²) in [6, 6.07) is 10.5. The van der Waals surface area contributed by atoms with Gasteiger partial charge in [0.15, 0.2) is 0 Å². The van der Waals surface area contributed by atoms with Crippen LogP contribution in [0.25, 0.3) is 0 Å². The maximum atomic E-state index is 11.9. The molecule has 5 nitrogen and oxygen atoms in total. The average molecular weight is 325 g/mol. The van der Waals surface area contributed by atoms with Gasteiger partial charge in [0.05, 0.1) is 24.9 Å². The zero-order valence-electron chi connectivity index (χ0n) is 14.0. The van der Waals surface area contributed by atoms with Crippen LogP contribution in [0, 0.1) is 0 Å². The lowest BCUT2D eigenvalue weighted by Crippen LogP contribution is -2.31. The summed E-state index contributed by atoms with van der Waals surface area (Å²) in [5.41, 5.74) is 4.56. The molecular formula is C19H23N3O2. The zero-order valence-corrected chi connectivity index (χ0v) is 14.0. The van der Waals surface area contributed by atoms with Crippen molar-refractivity contribution in [2.24, 2.45) is 0 Å². The van der Waals surface area contributed by atoms with Gasteiger partial charge in [0.1, 0.15) is 0 Å². The minimum absolute atomic E-state index is 0.0289. The lowest BCUT2D eigenvalue weighted by Gasteiger charge is -2.29. The predicted molar refractivity (Wildman–Crippen MR) is 93.6 cm³/mol. The number of ether oxygens (including phenoxy) is 1. The van der Waals surface area contributed by atoms with Crippen LogP contribution < -0.4 is 5.32 Å². The Morgan fingerprint density at radius 2 is 2.12 bits per heavy atom. The second-order valence-electron chi connectivity index (χ2n) is 6.06. The fraction of sp³-hybridized carbons (Fsp3) is 0.368. The van der Waals surface area contributed by atoms with Crippen LogP contribution in [-0.4, -0.2) is 36.1 Å². The number of aromatic nitrogens is 1. The Balaban J connectivity index is 1.67. The number of hydrogen-bond acceptors (Lipinski definition) is 4. The minimum Gasteiger partial charge on any atom is -0.384 e. The summed E-state index contributed by atoms with van der Waals surface area (Å²) in [6.07, 6.45) is 4.94. The highest BCUT2D eigenvalue weighted by molar-refractivity contribution is 5.91. The van der Waals surface area contributed by atoms with E-state index in [-0.39, 0.29) is 5.91 Å². The summed E-state index contributed by atoms with van der Waals surface area (Å²) in [6.45, 7) is 3.20. The van der Waals surface area contributed by atoms with Crippen LogP contribution in [0.1, 0.15) is 23.1 Å². The van der Waals surface area contributed by atoms with Crippen LogP contribution in [0.2, 0.25) is 0 Å². The van der Waals surface area contributed by atoms with Crippen molar-refractivity contribution in [3.05, 3.63) is 59.4 Å². The highest BCUT2D eigenvalue weighted by Gasteiger charge is 2.20. The Morgan fingerprint density at radius 3 is 2.92 bits per heavy atom. The third-order valence-electron chi connectivity index (χ3n) is 4.28. The molecule has 0 fully saturated rings. The first kappa shape index (κ1) is 16.6. The molecule has 1 aliphatic rings. The number of rotatable bonds is 6. The molecule has 0 atom stereocenters. The molecule has 0 aliphatic carbocycles. The van der Waals surface area contributed by atoms with Gasteiger partial charge in [-0.05, 0) is 23.1 Å². The Hall–Kier alpha value is -2.24. The van der Waals surface area contributed by atoms with Gasteiger partial charge >= 0.3 is 0 Å². The molecule has 0 radical (unpaired) electrons. The molecule has 0 unspecified atom stereocenters. The first-order chi connectivity index (χ1) is 11.8. The predicted octanol–water partition coefficient (Wildman–Crippen LogP) is 2.61. The molecule has 1 aliphatic heterocycles. The second-order valence-corrected chi connectivity index (χ2v) is 6.06. The Morgan fingerprint density at radius 1 is 1.29 bits per heavy atom. The number of nitrogens with zero attached hydrogens (tertiary/aromatic N) is 2. The van der Waals surface area contributed by atoms with Gasteiger partial charge < -0.3 is 10.1 Å². The summed E-state index contributed by atoms with van der Waals surface area (Å²) >= 11 is 0. The molecule has 24 heavy (non-hydrogen) atoms. The Bertz CT molecular complexity index is 688. The first-order valence-electron chi connectivity index (χ1n) is 8.27. The molecule has 2 heterocycles. The summed E-state index contributed by atoms with van der Waals surface area (Å²) in [5, 5.41) is 2.97. The largest absolute Gasteiger partial charge is 0.384 e. The van der Waals surface area contributed by atoms with Crippen LogP contribution in [0.3, 0.4) is 0 Å². The molecular weight excluding hydrogens is 302 g/mol. The number of carbonyl (C=O) groups excluding carboxylic acids is 1. The van der Waals surface area contributed by atoms with E-state index < -0.39 is 0 Å². The highest BCUT2D eigenvalue weighted by atomic mass is 16.5. The standard InChI is InChI=1S/C19H23N3O2/c1-24-10-8-19(23)21-18-12-20-11-16-14-22(9-7-17(16)18)13-15-5-3-2-4-6-15/h2-6,11-12H,7-10,13-14H2,1H3,(H,21,23). The number of carbonyl (C=O) groups is 1. The van der Waals surface area contributed by atoms with Gasteiger partial charge in [0.25, 0.3) is 0 Å². The van der Waals surface area contributed by atoms with Crippen LogP contribution >= 0.6 is 0 Å². The van der Waals surface area contributed by atoms with Gasteiger partial charge in [-0.15, -0.1) is 0 Å². The smallest absolute Gasteiger partial charge is 0.226 e. The number of fused-ring (bicyclic) bond motifs is 1. The van der Waals surface area contributed by atoms with E-state index in [0.29, 0.717) is 13.0 Å². The van der Waals surface area contributed by atoms with Crippen LogP contribution in [-0.2, 0) is 29.0 Å². The molecule has 3 rings (SSSR count). The summed E-state index contributed by atoms with van der Waals surface area (Å²) in [4.78, 5) is 18.6. The molecule has 126 valence electrons. The fourth-order valence-corrected chi connectivity index (χ4v) is 3.04. The highest BCUT2D eigenvalue weighted by Crippen LogP contribution is 2.26. The lowest BCUT2D eigenvalue weighted by molar-refractivity contribution is -0.117. The van der Waals surface area contributed by atoms with Gasteiger partial charge in [-0.3, -0.25) is 14.7 Å². The molecule has 0 saturated heterocycles. The van der Waals surface area contributed by atoms with Crippen LogP contribution in [0.5, 0.6) is 0 Å². The quantitative estimate of drug-likeness (QED) is 0.887. The third-order valence-corrected chi connectivity index (χ3v) is 4.28. The Kier molecular flexibility index (Phi) is 5.56. The van der Waals surface area contributed by atoms with Crippen molar-refractivity contribution >= 4 is 11.6 Å². The number of benzene rings is 1. The average Bonchev–Trinajstić information content (AvgIpc) is 2.61. The zero-order chi connectivity index (χ0) is 16.8. The molecule has 2 aromatic rings. The van der Waals surface area contributed by atoms with E-state index in [1.165, 1.54) is 16.7 Å². The molecule has 5 heteroatoms. The van der Waals surface area contributed by atoms with Gasteiger partial charge in [-0.25, -0.2) is 0 Å². The van der Waals surface area contributed by atoms with Crippen LogP contribution in [0.15, 0.2) is 42.7 Å². The molecule has 0 bridgehead atoms. The second kappa shape index (κ2) is 8.04. The maximum absolute atomic E-state index is 11.9. The van der Waals surface area contributed by atoms with Gasteiger partial charge in [-0.2, -0.15) is 0 Å². The summed E-state index contributed by atoms with van der Waals surface area (Å²) in [5.74, 6) is -0.0289. The first-order valence-corrected chi connectivity index (χ1v) is 8.27. The van der Waals surface area contributed by atoms with Crippen molar-refractivity contribution in [2.45, 2.75) is 25.9 Å². The number of methoxy groups -OCH3 is 1. The van der Waals surface area contributed by atoms with Crippen molar-refractivity contribution in [1.29, 1.82) is 0 Å². The van der Waals surface area contributed by atoms with E-state index in [0.717, 1.165) is 31.7 Å². The number of anilines is 1. The van der Waals surface area contributed by atoms with E-state index in [4.69, 9.17) is 4.74 Å². The minimum atomic E-state index is -0.0289. The molecule has 0 spiro atoms. The van der Waals surface area contributed by atoms with Crippen LogP contribution in [0.4, 0.5) is 5.69 Å². The Labute approximate surface area is 142 Å². The lowest BCUT2D eigenvalue weighted by atomic mass is 9.99. The number of amides is 1. The molecule has 1 amide bonds. The number of pyridine rings is 1. The summed E-state index contributed by atoms with van der Waals surface area (Å²) in [7, 11) is 1.60. The SMILES string of the molecule is COCCC(=O)Nc1cncc2c1CCN(Cc1ccccc1)C2. The monoisotopic (exact) mass is 325 g/mol.